The third kappa shape index (κ3) is 2.59. The van der Waals surface area contributed by atoms with E-state index in [9.17, 15) is 0 Å². The lowest BCUT2D eigenvalue weighted by molar-refractivity contribution is 1.10. The predicted octanol–water partition coefficient (Wildman–Crippen LogP) is 5.60. The van der Waals surface area contributed by atoms with Crippen molar-refractivity contribution >= 4 is 21.5 Å². The number of fused-ring (bicyclic) bond motifs is 2. The average Bonchev–Trinajstić information content (AvgIpc) is 2.56. The maximum atomic E-state index is 4.65. The molecule has 4 rings (SSSR count). The molecule has 0 bridgehead atoms. The van der Waals surface area contributed by atoms with Gasteiger partial charge in [-0.3, -0.25) is 4.98 Å². The summed E-state index contributed by atoms with van der Waals surface area (Å²) in [5.41, 5.74) is 5.12. The second kappa shape index (κ2) is 5.51. The summed E-state index contributed by atoms with van der Waals surface area (Å²) in [6.45, 7) is 4.33. The van der Waals surface area contributed by atoms with Gasteiger partial charge < -0.3 is 0 Å². The molecular formula is C22H19N. The van der Waals surface area contributed by atoms with Crippen LogP contribution in [0.3, 0.4) is 0 Å². The molecule has 1 nitrogen and oxygen atoms in total. The largest absolute Gasteiger partial charge is 0.260 e. The van der Waals surface area contributed by atoms with E-state index in [2.05, 4.69) is 79.5 Å². The summed E-state index contributed by atoms with van der Waals surface area (Å²) >= 11 is 0. The molecule has 23 heavy (non-hydrogen) atoms. The van der Waals surface area contributed by atoms with E-state index in [1.807, 2.05) is 6.20 Å². The van der Waals surface area contributed by atoms with E-state index in [4.69, 9.17) is 0 Å². The zero-order valence-electron chi connectivity index (χ0n) is 13.5. The smallest absolute Gasteiger partial charge is 0.0525 e. The Morgan fingerprint density at radius 1 is 0.739 bits per heavy atom. The average molecular weight is 297 g/mol. The molecule has 0 N–H and O–H groups in total. The lowest BCUT2D eigenvalue weighted by atomic mass is 9.98. The van der Waals surface area contributed by atoms with Crippen LogP contribution in [0.15, 0.2) is 66.9 Å². The quantitative estimate of drug-likeness (QED) is 0.469. The Kier molecular flexibility index (Phi) is 3.34. The Bertz CT molecular complexity index is 1010. The van der Waals surface area contributed by atoms with Gasteiger partial charge >= 0.3 is 0 Å². The first kappa shape index (κ1) is 14.0. The van der Waals surface area contributed by atoms with Crippen LogP contribution in [0.25, 0.3) is 21.5 Å². The van der Waals surface area contributed by atoms with E-state index >= 15 is 0 Å². The summed E-state index contributed by atoms with van der Waals surface area (Å²) in [5, 5.41) is 5.12. The minimum Gasteiger partial charge on any atom is -0.260 e. The maximum Gasteiger partial charge on any atom is 0.0525 e. The highest BCUT2D eigenvalue weighted by Crippen LogP contribution is 2.24. The molecule has 112 valence electrons. The van der Waals surface area contributed by atoms with Crippen LogP contribution < -0.4 is 0 Å². The summed E-state index contributed by atoms with van der Waals surface area (Å²) in [5.74, 6) is 0. The first-order valence-corrected chi connectivity index (χ1v) is 8.03. The van der Waals surface area contributed by atoms with Crippen LogP contribution in [-0.4, -0.2) is 4.98 Å². The van der Waals surface area contributed by atoms with Crippen molar-refractivity contribution < 1.29 is 0 Å². The maximum absolute atomic E-state index is 4.65. The molecule has 0 atom stereocenters. The highest BCUT2D eigenvalue weighted by Gasteiger charge is 2.06. The lowest BCUT2D eigenvalue weighted by Crippen LogP contribution is -1.95. The number of hydrogen-bond donors (Lipinski definition) is 0. The van der Waals surface area contributed by atoms with Gasteiger partial charge in [0.15, 0.2) is 0 Å². The fourth-order valence-corrected chi connectivity index (χ4v) is 3.19. The van der Waals surface area contributed by atoms with Gasteiger partial charge in [0.2, 0.25) is 0 Å². The Morgan fingerprint density at radius 2 is 1.52 bits per heavy atom. The number of nitrogens with zero attached hydrogens (tertiary/aromatic N) is 1. The molecule has 0 aliphatic heterocycles. The van der Waals surface area contributed by atoms with E-state index < -0.39 is 0 Å². The number of hydrogen-bond acceptors (Lipinski definition) is 1. The van der Waals surface area contributed by atoms with Crippen molar-refractivity contribution in [3.05, 3.63) is 89.2 Å². The molecule has 1 heteroatoms. The van der Waals surface area contributed by atoms with Crippen LogP contribution >= 0.6 is 0 Å². The van der Waals surface area contributed by atoms with Crippen molar-refractivity contribution in [3.8, 4) is 0 Å². The molecule has 3 aromatic carbocycles. The van der Waals surface area contributed by atoms with Gasteiger partial charge in [-0.15, -0.1) is 0 Å². The molecule has 0 aliphatic carbocycles. The molecule has 0 saturated carbocycles. The molecule has 0 saturated heterocycles. The Balaban J connectivity index is 1.80. The fraction of sp³-hybridized carbons (Fsp3) is 0.136. The van der Waals surface area contributed by atoms with Crippen LogP contribution in [0.1, 0.15) is 22.4 Å². The number of aryl methyl sites for hydroxylation is 2. The fourth-order valence-electron chi connectivity index (χ4n) is 3.19. The summed E-state index contributed by atoms with van der Waals surface area (Å²) in [6.07, 6.45) is 2.79. The highest BCUT2D eigenvalue weighted by molar-refractivity contribution is 5.87. The zero-order chi connectivity index (χ0) is 15.8. The van der Waals surface area contributed by atoms with Gasteiger partial charge in [0.25, 0.3) is 0 Å². The van der Waals surface area contributed by atoms with Crippen LogP contribution in [0, 0.1) is 13.8 Å². The minimum absolute atomic E-state index is 0.866. The third-order valence-electron chi connectivity index (χ3n) is 4.65. The van der Waals surface area contributed by atoms with Crippen LogP contribution in [0.2, 0.25) is 0 Å². The predicted molar refractivity (Wildman–Crippen MR) is 98.0 cm³/mol. The summed E-state index contributed by atoms with van der Waals surface area (Å²) in [6, 6.07) is 21.8. The van der Waals surface area contributed by atoms with Crippen LogP contribution in [0.5, 0.6) is 0 Å². The van der Waals surface area contributed by atoms with Crippen molar-refractivity contribution in [1.82, 2.24) is 4.98 Å². The SMILES string of the molecule is Cc1cc2ccnc(Cc3ccc4ccccc4c3)c2cc1C. The molecule has 1 aromatic heterocycles. The van der Waals surface area contributed by atoms with E-state index in [0.717, 1.165) is 12.1 Å². The molecule has 0 radical (unpaired) electrons. The van der Waals surface area contributed by atoms with Gasteiger partial charge in [0.1, 0.15) is 0 Å². The number of aromatic nitrogens is 1. The van der Waals surface area contributed by atoms with Crippen molar-refractivity contribution in [2.24, 2.45) is 0 Å². The van der Waals surface area contributed by atoms with E-state index in [0.29, 0.717) is 0 Å². The second-order valence-electron chi connectivity index (χ2n) is 6.27. The Hall–Kier alpha value is -2.67. The van der Waals surface area contributed by atoms with Crippen molar-refractivity contribution in [2.45, 2.75) is 20.3 Å². The molecule has 0 spiro atoms. The summed E-state index contributed by atoms with van der Waals surface area (Å²) < 4.78 is 0. The first-order valence-electron chi connectivity index (χ1n) is 8.03. The number of rotatable bonds is 2. The monoisotopic (exact) mass is 297 g/mol. The molecule has 0 amide bonds. The summed E-state index contributed by atoms with van der Waals surface area (Å²) in [4.78, 5) is 4.65. The van der Waals surface area contributed by atoms with Gasteiger partial charge in [0.05, 0.1) is 5.69 Å². The van der Waals surface area contributed by atoms with Crippen molar-refractivity contribution in [1.29, 1.82) is 0 Å². The second-order valence-corrected chi connectivity index (χ2v) is 6.27. The van der Waals surface area contributed by atoms with Gasteiger partial charge in [-0.1, -0.05) is 48.5 Å². The van der Waals surface area contributed by atoms with E-state index in [1.165, 1.54) is 38.2 Å². The normalized spacial score (nSPS) is 11.2. The van der Waals surface area contributed by atoms with Crippen LogP contribution in [0.4, 0.5) is 0 Å². The standard InChI is InChI=1S/C22H19N/c1-15-11-20-9-10-23-22(21(20)12-16(15)2)14-17-7-8-18-5-3-4-6-19(18)13-17/h3-13H,14H2,1-2H3. The highest BCUT2D eigenvalue weighted by atomic mass is 14.7. The minimum atomic E-state index is 0.866. The Morgan fingerprint density at radius 3 is 2.39 bits per heavy atom. The third-order valence-corrected chi connectivity index (χ3v) is 4.65. The van der Waals surface area contributed by atoms with Crippen molar-refractivity contribution in [3.63, 3.8) is 0 Å². The van der Waals surface area contributed by atoms with Crippen molar-refractivity contribution in [2.75, 3.05) is 0 Å². The number of pyridine rings is 1. The lowest BCUT2D eigenvalue weighted by Gasteiger charge is -2.09. The van der Waals surface area contributed by atoms with Gasteiger partial charge in [-0.2, -0.15) is 0 Å². The summed E-state index contributed by atoms with van der Waals surface area (Å²) in [7, 11) is 0. The molecule has 1 heterocycles. The van der Waals surface area contributed by atoms with Gasteiger partial charge in [0, 0.05) is 18.0 Å². The molecular weight excluding hydrogens is 278 g/mol. The first-order chi connectivity index (χ1) is 11.2. The molecule has 4 aromatic rings. The van der Waals surface area contributed by atoms with E-state index in [1.54, 1.807) is 0 Å². The Labute approximate surface area is 136 Å². The molecule has 0 unspecified atom stereocenters. The van der Waals surface area contributed by atoms with Crippen LogP contribution in [-0.2, 0) is 6.42 Å². The van der Waals surface area contributed by atoms with Gasteiger partial charge in [-0.05, 0) is 58.8 Å². The number of benzene rings is 3. The van der Waals surface area contributed by atoms with E-state index in [-0.39, 0.29) is 0 Å². The molecule has 0 fully saturated rings. The zero-order valence-corrected chi connectivity index (χ0v) is 13.5. The van der Waals surface area contributed by atoms with Gasteiger partial charge in [-0.25, -0.2) is 0 Å². The topological polar surface area (TPSA) is 12.9 Å². The molecule has 0 aliphatic rings.